The van der Waals surface area contributed by atoms with Crippen LogP contribution < -0.4 is 0 Å². The summed E-state index contributed by atoms with van der Waals surface area (Å²) >= 11 is 12.3. The van der Waals surface area contributed by atoms with E-state index in [-0.39, 0.29) is 23.5 Å². The van der Waals surface area contributed by atoms with E-state index < -0.39 is 0 Å². The highest BCUT2D eigenvalue weighted by molar-refractivity contribution is 6.44. The van der Waals surface area contributed by atoms with Crippen molar-refractivity contribution in [1.29, 1.82) is 0 Å². The molecule has 26 heavy (non-hydrogen) atoms. The third kappa shape index (κ3) is 3.35. The molecule has 1 aromatic heterocycles. The van der Waals surface area contributed by atoms with Gasteiger partial charge in [0.25, 0.3) is 5.91 Å². The zero-order chi connectivity index (χ0) is 18.8. The van der Waals surface area contributed by atoms with Gasteiger partial charge in [-0.3, -0.25) is 14.2 Å². The number of ether oxygens (including phenoxy) is 1. The average molecular weight is 390 g/mol. The number of carbonyl (C=O) groups excluding carboxylic acids is 2. The molecule has 4 nitrogen and oxygen atoms in total. The minimum Gasteiger partial charge on any atom is -0.466 e. The zero-order valence-electron chi connectivity index (χ0n) is 14.4. The molecule has 0 saturated heterocycles. The lowest BCUT2D eigenvalue weighted by Crippen LogP contribution is -2.14. The standard InChI is InChI=1S/C20H17Cl2NO3/c1-12-14(10-11-26-13(2)24)15-6-3-4-9-18(15)23(12)20(25)16-7-5-8-17(21)19(16)22/h3-9H,10-11H2,1-2H3. The monoisotopic (exact) mass is 389 g/mol. The van der Waals surface area contributed by atoms with Gasteiger partial charge >= 0.3 is 5.97 Å². The van der Waals surface area contributed by atoms with E-state index in [9.17, 15) is 9.59 Å². The average Bonchev–Trinajstić information content (AvgIpc) is 2.88. The van der Waals surface area contributed by atoms with E-state index in [0.29, 0.717) is 17.0 Å². The molecule has 0 aliphatic heterocycles. The lowest BCUT2D eigenvalue weighted by Gasteiger charge is -2.10. The fourth-order valence-corrected chi connectivity index (χ4v) is 3.48. The van der Waals surface area contributed by atoms with E-state index in [4.69, 9.17) is 27.9 Å². The molecular weight excluding hydrogens is 373 g/mol. The quantitative estimate of drug-likeness (QED) is 0.586. The van der Waals surface area contributed by atoms with Crippen LogP contribution in [0.4, 0.5) is 0 Å². The van der Waals surface area contributed by atoms with Crippen LogP contribution in [0, 0.1) is 6.92 Å². The van der Waals surface area contributed by atoms with Crippen molar-refractivity contribution in [3.05, 3.63) is 69.3 Å². The molecule has 0 N–H and O–H groups in total. The zero-order valence-corrected chi connectivity index (χ0v) is 15.9. The molecule has 0 saturated carbocycles. The van der Waals surface area contributed by atoms with Crippen LogP contribution in [0.15, 0.2) is 42.5 Å². The molecular formula is C20H17Cl2NO3. The molecule has 3 rings (SSSR count). The maximum absolute atomic E-state index is 13.2. The van der Waals surface area contributed by atoms with Gasteiger partial charge in [0.2, 0.25) is 0 Å². The first-order chi connectivity index (χ1) is 12.4. The molecule has 0 unspecified atom stereocenters. The number of para-hydroxylation sites is 1. The van der Waals surface area contributed by atoms with Crippen molar-refractivity contribution in [2.75, 3.05) is 6.61 Å². The van der Waals surface area contributed by atoms with Crippen LogP contribution in [0.25, 0.3) is 10.9 Å². The van der Waals surface area contributed by atoms with Crippen LogP contribution in [-0.2, 0) is 16.0 Å². The fourth-order valence-electron chi connectivity index (χ4n) is 3.10. The number of benzene rings is 2. The Morgan fingerprint density at radius 2 is 1.81 bits per heavy atom. The predicted octanol–water partition coefficient (Wildman–Crippen LogP) is 5.05. The predicted molar refractivity (Wildman–Crippen MR) is 103 cm³/mol. The van der Waals surface area contributed by atoms with Crippen LogP contribution in [0.3, 0.4) is 0 Å². The Kier molecular flexibility index (Phi) is 5.35. The van der Waals surface area contributed by atoms with Gasteiger partial charge in [0.05, 0.1) is 27.7 Å². The molecule has 0 bridgehead atoms. The lowest BCUT2D eigenvalue weighted by molar-refractivity contribution is -0.140. The van der Waals surface area contributed by atoms with Gasteiger partial charge in [0, 0.05) is 24.4 Å². The van der Waals surface area contributed by atoms with Gasteiger partial charge in [-0.05, 0) is 30.7 Å². The minimum atomic E-state index is -0.326. The molecule has 0 radical (unpaired) electrons. The Morgan fingerprint density at radius 3 is 2.54 bits per heavy atom. The molecule has 3 aromatic rings. The van der Waals surface area contributed by atoms with Crippen molar-refractivity contribution in [2.24, 2.45) is 0 Å². The second-order valence-electron chi connectivity index (χ2n) is 5.91. The van der Waals surface area contributed by atoms with Gasteiger partial charge in [-0.2, -0.15) is 0 Å². The first-order valence-electron chi connectivity index (χ1n) is 8.12. The highest BCUT2D eigenvalue weighted by atomic mass is 35.5. The summed E-state index contributed by atoms with van der Waals surface area (Å²) < 4.78 is 6.70. The second-order valence-corrected chi connectivity index (χ2v) is 6.70. The minimum absolute atomic E-state index is 0.234. The van der Waals surface area contributed by atoms with Gasteiger partial charge in [0.1, 0.15) is 0 Å². The maximum atomic E-state index is 13.2. The summed E-state index contributed by atoms with van der Waals surface area (Å²) in [5.74, 6) is -0.571. The van der Waals surface area contributed by atoms with Crippen molar-refractivity contribution in [1.82, 2.24) is 4.57 Å². The summed E-state index contributed by atoms with van der Waals surface area (Å²) in [6.45, 7) is 3.51. The van der Waals surface area contributed by atoms with Crippen LogP contribution >= 0.6 is 23.2 Å². The Bertz CT molecular complexity index is 1010. The van der Waals surface area contributed by atoms with Gasteiger partial charge in [-0.25, -0.2) is 0 Å². The number of rotatable bonds is 4. The van der Waals surface area contributed by atoms with Gasteiger partial charge < -0.3 is 4.74 Å². The van der Waals surface area contributed by atoms with Crippen LogP contribution in [0.2, 0.25) is 10.0 Å². The summed E-state index contributed by atoms with van der Waals surface area (Å²) in [4.78, 5) is 24.2. The highest BCUT2D eigenvalue weighted by Crippen LogP contribution is 2.31. The number of esters is 1. The molecule has 0 atom stereocenters. The summed E-state index contributed by atoms with van der Waals surface area (Å²) in [5.41, 5.74) is 2.88. The smallest absolute Gasteiger partial charge is 0.302 e. The van der Waals surface area contributed by atoms with E-state index in [1.807, 2.05) is 31.2 Å². The molecule has 0 aliphatic carbocycles. The van der Waals surface area contributed by atoms with Crippen molar-refractivity contribution < 1.29 is 14.3 Å². The van der Waals surface area contributed by atoms with E-state index >= 15 is 0 Å². The first-order valence-corrected chi connectivity index (χ1v) is 8.88. The topological polar surface area (TPSA) is 48.3 Å². The normalized spacial score (nSPS) is 10.9. The molecule has 134 valence electrons. The molecule has 0 amide bonds. The highest BCUT2D eigenvalue weighted by Gasteiger charge is 2.22. The number of halogens is 2. The summed E-state index contributed by atoms with van der Waals surface area (Å²) in [6.07, 6.45) is 0.523. The Hall–Kier alpha value is -2.30. The largest absolute Gasteiger partial charge is 0.466 e. The number of hydrogen-bond acceptors (Lipinski definition) is 3. The van der Waals surface area contributed by atoms with E-state index in [0.717, 1.165) is 22.2 Å². The van der Waals surface area contributed by atoms with Crippen molar-refractivity contribution >= 4 is 46.0 Å². The number of hydrogen-bond donors (Lipinski definition) is 0. The van der Waals surface area contributed by atoms with E-state index in [2.05, 4.69) is 0 Å². The lowest BCUT2D eigenvalue weighted by atomic mass is 10.1. The maximum Gasteiger partial charge on any atom is 0.302 e. The molecule has 0 fully saturated rings. The number of nitrogens with zero attached hydrogens (tertiary/aromatic N) is 1. The van der Waals surface area contributed by atoms with Gasteiger partial charge in [-0.1, -0.05) is 47.5 Å². The van der Waals surface area contributed by atoms with Crippen molar-refractivity contribution in [3.8, 4) is 0 Å². The van der Waals surface area contributed by atoms with Gasteiger partial charge in [-0.15, -0.1) is 0 Å². The second kappa shape index (κ2) is 7.52. The molecule has 6 heteroatoms. The Balaban J connectivity index is 2.11. The summed E-state index contributed by atoms with van der Waals surface area (Å²) in [6, 6.07) is 12.6. The van der Waals surface area contributed by atoms with E-state index in [1.165, 1.54) is 6.92 Å². The van der Waals surface area contributed by atoms with Crippen molar-refractivity contribution in [3.63, 3.8) is 0 Å². The Labute approximate surface area is 161 Å². The SMILES string of the molecule is CC(=O)OCCc1c(C)n(C(=O)c2cccc(Cl)c2Cl)c2ccccc12. The molecule has 0 aliphatic rings. The molecule has 0 spiro atoms. The van der Waals surface area contributed by atoms with E-state index in [1.54, 1.807) is 22.8 Å². The summed E-state index contributed by atoms with van der Waals surface area (Å²) in [7, 11) is 0. The number of fused-ring (bicyclic) bond motifs is 1. The number of aromatic nitrogens is 1. The van der Waals surface area contributed by atoms with Crippen LogP contribution in [0.5, 0.6) is 0 Å². The summed E-state index contributed by atoms with van der Waals surface area (Å²) in [5, 5.41) is 1.52. The third-order valence-electron chi connectivity index (χ3n) is 4.28. The number of carbonyl (C=O) groups is 2. The van der Waals surface area contributed by atoms with Crippen molar-refractivity contribution in [2.45, 2.75) is 20.3 Å². The van der Waals surface area contributed by atoms with Crippen LogP contribution in [-0.4, -0.2) is 23.1 Å². The fraction of sp³-hybridized carbons (Fsp3) is 0.200. The first kappa shape index (κ1) is 18.5. The molecule has 2 aromatic carbocycles. The third-order valence-corrected chi connectivity index (χ3v) is 5.10. The molecule has 1 heterocycles. The van der Waals surface area contributed by atoms with Crippen LogP contribution in [0.1, 0.15) is 28.5 Å². The Morgan fingerprint density at radius 1 is 1.08 bits per heavy atom. The van der Waals surface area contributed by atoms with Gasteiger partial charge in [0.15, 0.2) is 0 Å².